The van der Waals surface area contributed by atoms with Gasteiger partial charge in [0, 0.05) is 12.0 Å². The number of halogens is 1. The highest BCUT2D eigenvalue weighted by molar-refractivity contribution is 6.07. The number of likely N-dealkylation sites (tertiary alicyclic amines) is 1. The lowest BCUT2D eigenvalue weighted by atomic mass is 9.97. The van der Waals surface area contributed by atoms with Crippen LogP contribution in [0.3, 0.4) is 0 Å². The molecule has 0 radical (unpaired) electrons. The summed E-state index contributed by atoms with van der Waals surface area (Å²) in [5.74, 6) is -0.617. The third kappa shape index (κ3) is 3.49. The number of hydrogen-bond donors (Lipinski definition) is 2. The minimum absolute atomic E-state index is 0. The molecule has 2 rings (SSSR count). The molecule has 3 amide bonds. The van der Waals surface area contributed by atoms with Crippen molar-refractivity contribution in [3.05, 3.63) is 0 Å². The van der Waals surface area contributed by atoms with Crippen LogP contribution in [-0.4, -0.2) is 47.8 Å². The van der Waals surface area contributed by atoms with E-state index in [9.17, 15) is 14.4 Å². The monoisotopic (exact) mass is 303 g/mol. The molecule has 0 aromatic rings. The number of hydrogen-bond acceptors (Lipinski definition) is 4. The summed E-state index contributed by atoms with van der Waals surface area (Å²) in [5.41, 5.74) is 0. The Hall–Kier alpha value is -1.14. The van der Waals surface area contributed by atoms with E-state index in [0.717, 1.165) is 25.9 Å². The second kappa shape index (κ2) is 7.04. The summed E-state index contributed by atoms with van der Waals surface area (Å²) in [4.78, 5) is 37.1. The zero-order valence-electron chi connectivity index (χ0n) is 11.8. The Bertz CT molecular complexity index is 394. The summed E-state index contributed by atoms with van der Waals surface area (Å²) < 4.78 is 0. The summed E-state index contributed by atoms with van der Waals surface area (Å²) in [6.45, 7) is 5.25. The summed E-state index contributed by atoms with van der Waals surface area (Å²) in [7, 11) is 0. The highest BCUT2D eigenvalue weighted by Gasteiger charge is 2.41. The third-order valence-electron chi connectivity index (χ3n) is 3.73. The molecule has 0 bridgehead atoms. The molecule has 2 fully saturated rings. The van der Waals surface area contributed by atoms with Gasteiger partial charge >= 0.3 is 0 Å². The van der Waals surface area contributed by atoms with Crippen molar-refractivity contribution in [1.82, 2.24) is 15.5 Å². The molecule has 2 aliphatic heterocycles. The fourth-order valence-corrected chi connectivity index (χ4v) is 2.68. The maximum atomic E-state index is 12.1. The van der Waals surface area contributed by atoms with Gasteiger partial charge in [-0.2, -0.15) is 0 Å². The number of carbonyl (C=O) groups excluding carboxylic acids is 3. The second-order valence-corrected chi connectivity index (χ2v) is 5.49. The Morgan fingerprint density at radius 2 is 1.90 bits per heavy atom. The van der Waals surface area contributed by atoms with Crippen LogP contribution in [0, 0.1) is 5.92 Å². The number of nitrogens with one attached hydrogen (secondary N) is 2. The molecule has 0 aromatic carbocycles. The van der Waals surface area contributed by atoms with Crippen LogP contribution in [0.4, 0.5) is 0 Å². The van der Waals surface area contributed by atoms with Gasteiger partial charge < -0.3 is 10.6 Å². The normalized spacial score (nSPS) is 23.9. The molecule has 2 saturated heterocycles. The van der Waals surface area contributed by atoms with Gasteiger partial charge in [-0.15, -0.1) is 12.4 Å². The molecule has 2 heterocycles. The summed E-state index contributed by atoms with van der Waals surface area (Å²) in [6, 6.07) is -0.821. The summed E-state index contributed by atoms with van der Waals surface area (Å²) in [5, 5.41) is 5.93. The van der Waals surface area contributed by atoms with Gasteiger partial charge in [-0.3, -0.25) is 19.3 Å². The summed E-state index contributed by atoms with van der Waals surface area (Å²) >= 11 is 0. The van der Waals surface area contributed by atoms with Crippen LogP contribution in [-0.2, 0) is 14.4 Å². The largest absolute Gasteiger partial charge is 0.344 e. The molecule has 0 aliphatic carbocycles. The predicted octanol–water partition coefficient (Wildman–Crippen LogP) is 0.0599. The molecule has 6 nitrogen and oxygen atoms in total. The maximum absolute atomic E-state index is 12.1. The Morgan fingerprint density at radius 1 is 1.30 bits per heavy atom. The van der Waals surface area contributed by atoms with Crippen LogP contribution in [0.2, 0.25) is 0 Å². The highest BCUT2D eigenvalue weighted by atomic mass is 35.5. The van der Waals surface area contributed by atoms with Gasteiger partial charge in [-0.05, 0) is 39.8 Å². The molecule has 1 unspecified atom stereocenters. The van der Waals surface area contributed by atoms with Crippen LogP contribution in [0.25, 0.3) is 0 Å². The first-order valence-corrected chi connectivity index (χ1v) is 6.87. The average Bonchev–Trinajstić information content (AvgIpc) is 2.65. The molecule has 7 heteroatoms. The maximum Gasteiger partial charge on any atom is 0.252 e. The minimum atomic E-state index is -0.669. The van der Waals surface area contributed by atoms with Crippen molar-refractivity contribution in [2.75, 3.05) is 13.1 Å². The predicted molar refractivity (Wildman–Crippen MR) is 76.4 cm³/mol. The molecule has 20 heavy (non-hydrogen) atoms. The van der Waals surface area contributed by atoms with Crippen LogP contribution < -0.4 is 10.6 Å². The zero-order chi connectivity index (χ0) is 14.0. The van der Waals surface area contributed by atoms with E-state index in [-0.39, 0.29) is 48.5 Å². The number of carbonyl (C=O) groups is 3. The molecule has 0 aromatic heterocycles. The van der Waals surface area contributed by atoms with Crippen molar-refractivity contribution in [2.24, 2.45) is 5.92 Å². The van der Waals surface area contributed by atoms with Gasteiger partial charge in [-0.25, -0.2) is 0 Å². The molecule has 2 N–H and O–H groups in total. The van der Waals surface area contributed by atoms with Crippen molar-refractivity contribution < 1.29 is 14.4 Å². The number of rotatable bonds is 3. The zero-order valence-corrected chi connectivity index (χ0v) is 12.7. The van der Waals surface area contributed by atoms with Crippen LogP contribution in [0.15, 0.2) is 0 Å². The van der Waals surface area contributed by atoms with E-state index in [1.807, 2.05) is 0 Å². The lowest BCUT2D eigenvalue weighted by molar-refractivity contribution is -0.141. The number of amides is 3. The molecular formula is C13H22ClN3O3. The van der Waals surface area contributed by atoms with Gasteiger partial charge in [0.25, 0.3) is 5.91 Å². The van der Waals surface area contributed by atoms with Crippen LogP contribution in [0.1, 0.15) is 33.1 Å². The van der Waals surface area contributed by atoms with Crippen molar-refractivity contribution in [3.63, 3.8) is 0 Å². The Labute approximate surface area is 125 Å². The van der Waals surface area contributed by atoms with Crippen molar-refractivity contribution in [3.8, 4) is 0 Å². The first-order chi connectivity index (χ1) is 9.00. The number of imide groups is 1. The van der Waals surface area contributed by atoms with Gasteiger partial charge in [0.1, 0.15) is 6.04 Å². The Kier molecular flexibility index (Phi) is 5.95. The SMILES string of the molecule is CC(C)N1C(=O)CC(NC(=O)C2CCNCC2)C1=O.Cl. The van der Waals surface area contributed by atoms with Crippen molar-refractivity contribution in [2.45, 2.75) is 45.2 Å². The van der Waals surface area contributed by atoms with E-state index in [1.165, 1.54) is 4.90 Å². The van der Waals surface area contributed by atoms with Crippen molar-refractivity contribution in [1.29, 1.82) is 0 Å². The van der Waals surface area contributed by atoms with Crippen LogP contribution in [0.5, 0.6) is 0 Å². The van der Waals surface area contributed by atoms with Crippen LogP contribution >= 0.6 is 12.4 Å². The third-order valence-corrected chi connectivity index (χ3v) is 3.73. The fraction of sp³-hybridized carbons (Fsp3) is 0.769. The fourth-order valence-electron chi connectivity index (χ4n) is 2.68. The van der Waals surface area contributed by atoms with E-state index in [4.69, 9.17) is 0 Å². The molecule has 0 spiro atoms. The van der Waals surface area contributed by atoms with Crippen molar-refractivity contribution >= 4 is 30.1 Å². The summed E-state index contributed by atoms with van der Waals surface area (Å²) in [6.07, 6.45) is 1.66. The average molecular weight is 304 g/mol. The first kappa shape index (κ1) is 16.9. The van der Waals surface area contributed by atoms with E-state index >= 15 is 0 Å². The molecular weight excluding hydrogens is 282 g/mol. The first-order valence-electron chi connectivity index (χ1n) is 6.87. The molecule has 0 saturated carbocycles. The second-order valence-electron chi connectivity index (χ2n) is 5.49. The smallest absolute Gasteiger partial charge is 0.252 e. The van der Waals surface area contributed by atoms with E-state index < -0.39 is 6.04 Å². The van der Waals surface area contributed by atoms with E-state index in [2.05, 4.69) is 10.6 Å². The molecule has 2 aliphatic rings. The van der Waals surface area contributed by atoms with E-state index in [1.54, 1.807) is 13.8 Å². The lowest BCUT2D eigenvalue weighted by Gasteiger charge is -2.23. The van der Waals surface area contributed by atoms with E-state index in [0.29, 0.717) is 0 Å². The number of piperidine rings is 1. The standard InChI is InChI=1S/C13H21N3O3.ClH/c1-8(2)16-11(17)7-10(13(16)19)15-12(18)9-3-5-14-6-4-9;/h8-10,14H,3-7H2,1-2H3,(H,15,18);1H. The minimum Gasteiger partial charge on any atom is -0.344 e. The van der Waals surface area contributed by atoms with Gasteiger partial charge in [-0.1, -0.05) is 0 Å². The Morgan fingerprint density at radius 3 is 2.40 bits per heavy atom. The quantitative estimate of drug-likeness (QED) is 0.723. The molecule has 114 valence electrons. The molecule has 1 atom stereocenters. The lowest BCUT2D eigenvalue weighted by Crippen LogP contribution is -2.47. The number of nitrogens with zero attached hydrogens (tertiary/aromatic N) is 1. The Balaban J connectivity index is 0.00000200. The van der Waals surface area contributed by atoms with Gasteiger partial charge in [0.15, 0.2) is 0 Å². The highest BCUT2D eigenvalue weighted by Crippen LogP contribution is 2.18. The van der Waals surface area contributed by atoms with Gasteiger partial charge in [0.2, 0.25) is 11.8 Å². The topological polar surface area (TPSA) is 78.5 Å². The van der Waals surface area contributed by atoms with Gasteiger partial charge in [0.05, 0.1) is 6.42 Å².